The first-order chi connectivity index (χ1) is 16.1. The van der Waals surface area contributed by atoms with Crippen molar-refractivity contribution in [3.05, 3.63) is 47.0 Å². The summed E-state index contributed by atoms with van der Waals surface area (Å²) in [6.45, 7) is 3.73. The third-order valence-electron chi connectivity index (χ3n) is 6.76. The third-order valence-corrected chi connectivity index (χ3v) is 7.87. The van der Waals surface area contributed by atoms with Crippen LogP contribution in [0, 0.1) is 24.5 Å². The van der Waals surface area contributed by atoms with Gasteiger partial charge in [-0.3, -0.25) is 0 Å². The number of aryl methyl sites for hydroxylation is 1. The Balaban J connectivity index is 1.18. The first-order valence-corrected chi connectivity index (χ1v) is 11.8. The standard InChI is InChI=1S/C22H22F5N5OS/c1-12-18(33-11-28-12)19-29-30-20(31(19)2)34-7-3-6-32-9-13-8-21(13,10-32)14-4-5-15(23)16(17(14)24)22(25,26)27/h4-5,11,13H,3,6-10H2,1-2H3/t13-,21?/m1/s1. The van der Waals surface area contributed by atoms with Crippen molar-refractivity contribution in [2.45, 2.75) is 36.5 Å². The number of fused-ring (bicyclic) bond motifs is 1. The minimum Gasteiger partial charge on any atom is -0.440 e. The van der Waals surface area contributed by atoms with Crippen LogP contribution in [0.2, 0.25) is 0 Å². The van der Waals surface area contributed by atoms with Crippen molar-refractivity contribution in [3.63, 3.8) is 0 Å². The van der Waals surface area contributed by atoms with Crippen molar-refractivity contribution >= 4 is 11.8 Å². The summed E-state index contributed by atoms with van der Waals surface area (Å²) in [7, 11) is 1.85. The summed E-state index contributed by atoms with van der Waals surface area (Å²) in [6.07, 6.45) is -2.26. The maximum absolute atomic E-state index is 14.7. The molecule has 1 aliphatic carbocycles. The monoisotopic (exact) mass is 499 g/mol. The summed E-state index contributed by atoms with van der Waals surface area (Å²) >= 11 is 1.54. The molecule has 0 N–H and O–H groups in total. The minimum absolute atomic E-state index is 0.0163. The van der Waals surface area contributed by atoms with E-state index in [1.165, 1.54) is 12.5 Å². The lowest BCUT2D eigenvalue weighted by Gasteiger charge is -2.22. The molecule has 2 aromatic heterocycles. The minimum atomic E-state index is -5.06. The van der Waals surface area contributed by atoms with Gasteiger partial charge in [-0.15, -0.1) is 10.2 Å². The first kappa shape index (κ1) is 23.3. The second-order valence-corrected chi connectivity index (χ2v) is 9.97. The molecule has 0 spiro atoms. The van der Waals surface area contributed by atoms with Crippen molar-refractivity contribution in [1.29, 1.82) is 0 Å². The molecule has 34 heavy (non-hydrogen) atoms. The highest BCUT2D eigenvalue weighted by Crippen LogP contribution is 2.60. The van der Waals surface area contributed by atoms with Crippen LogP contribution in [0.5, 0.6) is 0 Å². The molecule has 1 saturated carbocycles. The molecule has 1 saturated heterocycles. The van der Waals surface area contributed by atoms with Crippen LogP contribution in [0.25, 0.3) is 11.6 Å². The SMILES string of the molecule is Cc1ncoc1-c1nnc(SCCCN2C[C@H]3CC3(c3ccc(F)c(C(F)(F)F)c3F)C2)n1C. The molecule has 0 bridgehead atoms. The Hall–Kier alpha value is -2.47. The number of benzene rings is 1. The zero-order valence-corrected chi connectivity index (χ0v) is 19.3. The maximum Gasteiger partial charge on any atom is 0.422 e. The van der Waals surface area contributed by atoms with Crippen molar-refractivity contribution in [2.75, 3.05) is 25.4 Å². The highest BCUT2D eigenvalue weighted by Gasteiger charge is 2.62. The van der Waals surface area contributed by atoms with Gasteiger partial charge in [-0.1, -0.05) is 17.8 Å². The van der Waals surface area contributed by atoms with E-state index in [0.29, 0.717) is 31.1 Å². The molecule has 1 unspecified atom stereocenters. The van der Waals surface area contributed by atoms with Crippen LogP contribution in [0.1, 0.15) is 29.7 Å². The predicted octanol–water partition coefficient (Wildman–Crippen LogP) is 4.83. The van der Waals surface area contributed by atoms with Crippen molar-refractivity contribution in [1.82, 2.24) is 24.6 Å². The largest absolute Gasteiger partial charge is 0.440 e. The second kappa shape index (κ2) is 8.33. The van der Waals surface area contributed by atoms with Gasteiger partial charge in [0.2, 0.25) is 5.82 Å². The van der Waals surface area contributed by atoms with Gasteiger partial charge in [0.1, 0.15) is 17.2 Å². The number of rotatable bonds is 7. The van der Waals surface area contributed by atoms with Gasteiger partial charge in [0.15, 0.2) is 17.3 Å². The Morgan fingerprint density at radius 1 is 1.24 bits per heavy atom. The zero-order valence-electron chi connectivity index (χ0n) is 18.5. The number of halogens is 5. The number of nitrogens with zero attached hydrogens (tertiary/aromatic N) is 5. The fourth-order valence-corrected chi connectivity index (χ4v) is 5.81. The average Bonchev–Trinajstić information content (AvgIpc) is 3.06. The van der Waals surface area contributed by atoms with Gasteiger partial charge in [-0.25, -0.2) is 13.8 Å². The molecule has 5 rings (SSSR count). The molecule has 12 heteroatoms. The molecule has 3 heterocycles. The van der Waals surface area contributed by atoms with Crippen molar-refractivity contribution in [2.24, 2.45) is 13.0 Å². The van der Waals surface area contributed by atoms with Gasteiger partial charge < -0.3 is 13.9 Å². The number of alkyl halides is 3. The number of piperidine rings is 1. The Morgan fingerprint density at radius 2 is 2.03 bits per heavy atom. The van der Waals surface area contributed by atoms with Gasteiger partial charge in [-0.2, -0.15) is 13.2 Å². The Labute approximate surface area is 196 Å². The van der Waals surface area contributed by atoms with E-state index in [1.807, 2.05) is 18.5 Å². The van der Waals surface area contributed by atoms with E-state index >= 15 is 0 Å². The second-order valence-electron chi connectivity index (χ2n) is 8.91. The lowest BCUT2D eigenvalue weighted by Crippen LogP contribution is -2.29. The van der Waals surface area contributed by atoms with Crippen LogP contribution in [0.4, 0.5) is 22.0 Å². The van der Waals surface area contributed by atoms with Crippen LogP contribution in [0.3, 0.4) is 0 Å². The fourth-order valence-electron chi connectivity index (χ4n) is 4.98. The number of thioether (sulfide) groups is 1. The number of oxazole rings is 1. The van der Waals surface area contributed by atoms with E-state index in [4.69, 9.17) is 4.42 Å². The molecule has 2 atom stereocenters. The Bertz CT molecular complexity index is 1220. The Morgan fingerprint density at radius 3 is 2.74 bits per heavy atom. The van der Waals surface area contributed by atoms with Gasteiger partial charge in [0, 0.05) is 31.3 Å². The molecule has 0 radical (unpaired) electrons. The number of likely N-dealkylation sites (tertiary alicyclic amines) is 1. The first-order valence-electron chi connectivity index (χ1n) is 10.8. The lowest BCUT2D eigenvalue weighted by atomic mass is 9.92. The number of hydrogen-bond acceptors (Lipinski definition) is 6. The van der Waals surface area contributed by atoms with Crippen molar-refractivity contribution in [3.8, 4) is 11.6 Å². The summed E-state index contributed by atoms with van der Waals surface area (Å²) in [5.41, 5.74) is -1.73. The topological polar surface area (TPSA) is 60.0 Å². The molecule has 6 nitrogen and oxygen atoms in total. The molecule has 1 aliphatic heterocycles. The van der Waals surface area contributed by atoms with E-state index in [-0.39, 0.29) is 11.5 Å². The zero-order chi connectivity index (χ0) is 24.3. The summed E-state index contributed by atoms with van der Waals surface area (Å²) in [4.78, 5) is 6.21. The third kappa shape index (κ3) is 3.90. The van der Waals surface area contributed by atoms with Gasteiger partial charge in [-0.05, 0) is 43.9 Å². The summed E-state index contributed by atoms with van der Waals surface area (Å²) in [5.74, 6) is -1.01. The van der Waals surface area contributed by atoms with Crippen LogP contribution < -0.4 is 0 Å². The van der Waals surface area contributed by atoms with Crippen LogP contribution >= 0.6 is 11.8 Å². The van der Waals surface area contributed by atoms with Crippen LogP contribution in [0.15, 0.2) is 28.1 Å². The lowest BCUT2D eigenvalue weighted by molar-refractivity contribution is -0.142. The average molecular weight is 500 g/mol. The molecule has 182 valence electrons. The van der Waals surface area contributed by atoms with Crippen LogP contribution in [-0.2, 0) is 18.6 Å². The van der Waals surface area contributed by atoms with Gasteiger partial charge in [0.25, 0.3) is 0 Å². The molecule has 3 aromatic rings. The van der Waals surface area contributed by atoms with Gasteiger partial charge in [0.05, 0.1) is 5.69 Å². The van der Waals surface area contributed by atoms with E-state index < -0.39 is 28.8 Å². The molecule has 2 fully saturated rings. The molecule has 2 aliphatic rings. The quantitative estimate of drug-likeness (QED) is 0.264. The van der Waals surface area contributed by atoms with E-state index in [1.54, 1.807) is 11.8 Å². The summed E-state index contributed by atoms with van der Waals surface area (Å²) < 4.78 is 75.1. The van der Waals surface area contributed by atoms with E-state index in [2.05, 4.69) is 20.1 Å². The predicted molar refractivity (Wildman–Crippen MR) is 114 cm³/mol. The smallest absolute Gasteiger partial charge is 0.422 e. The Kier molecular flexibility index (Phi) is 5.70. The molecular weight excluding hydrogens is 477 g/mol. The van der Waals surface area contributed by atoms with Crippen molar-refractivity contribution < 1.29 is 26.4 Å². The summed E-state index contributed by atoms with van der Waals surface area (Å²) in [5, 5.41) is 9.12. The van der Waals surface area contributed by atoms with E-state index in [0.717, 1.165) is 35.6 Å². The van der Waals surface area contributed by atoms with E-state index in [9.17, 15) is 22.0 Å². The highest BCUT2D eigenvalue weighted by atomic mass is 32.2. The molecule has 0 amide bonds. The maximum atomic E-state index is 14.7. The normalized spacial score (nSPS) is 22.4. The number of hydrogen-bond donors (Lipinski definition) is 0. The molecular formula is C22H22F5N5OS. The molecule has 1 aromatic carbocycles. The number of aromatic nitrogens is 4. The highest BCUT2D eigenvalue weighted by molar-refractivity contribution is 7.99. The summed E-state index contributed by atoms with van der Waals surface area (Å²) in [6, 6.07) is 1.92. The van der Waals surface area contributed by atoms with Gasteiger partial charge >= 0.3 is 6.18 Å². The fraction of sp³-hybridized carbons (Fsp3) is 0.500. The van der Waals surface area contributed by atoms with Crippen LogP contribution in [-0.4, -0.2) is 50.0 Å².